The first kappa shape index (κ1) is 9.79. The van der Waals surface area contributed by atoms with Gasteiger partial charge in [-0.05, 0) is 36.0 Å². The molecule has 1 aromatic carbocycles. The fourth-order valence-electron chi connectivity index (χ4n) is 2.11. The van der Waals surface area contributed by atoms with Gasteiger partial charge in [0.25, 0.3) is 0 Å². The number of pyridine rings is 1. The Kier molecular flexibility index (Phi) is 2.01. The second kappa shape index (κ2) is 3.29. The highest BCUT2D eigenvalue weighted by atomic mass is 16.3. The number of benzene rings is 1. The third kappa shape index (κ3) is 1.50. The number of para-hydroxylation sites is 1. The number of aromatic nitrogens is 1. The third-order valence-corrected chi connectivity index (χ3v) is 3.63. The normalized spacial score (nSPS) is 19.6. The maximum Gasteiger partial charge on any atom is 0.0858 e. The van der Waals surface area contributed by atoms with E-state index in [-0.39, 0.29) is 11.5 Å². The van der Waals surface area contributed by atoms with E-state index in [0.717, 1.165) is 29.3 Å². The lowest BCUT2D eigenvalue weighted by molar-refractivity contribution is 0.103. The Morgan fingerprint density at radius 1 is 1.31 bits per heavy atom. The summed E-state index contributed by atoms with van der Waals surface area (Å²) in [6.45, 7) is 2.13. The highest BCUT2D eigenvalue weighted by molar-refractivity contribution is 5.78. The van der Waals surface area contributed by atoms with E-state index in [1.54, 1.807) is 6.20 Å². The average Bonchev–Trinajstić information content (AvgIpc) is 3.07. The van der Waals surface area contributed by atoms with Gasteiger partial charge in [0.05, 0.1) is 11.6 Å². The molecule has 3 rings (SSSR count). The molecule has 1 unspecified atom stereocenters. The van der Waals surface area contributed by atoms with Gasteiger partial charge in [0.15, 0.2) is 0 Å². The fourth-order valence-corrected chi connectivity index (χ4v) is 2.11. The Hall–Kier alpha value is -1.41. The van der Waals surface area contributed by atoms with E-state index in [1.165, 1.54) is 0 Å². The molecule has 1 saturated carbocycles. The maximum absolute atomic E-state index is 10.2. The van der Waals surface area contributed by atoms with Crippen molar-refractivity contribution in [3.05, 3.63) is 42.1 Å². The summed E-state index contributed by atoms with van der Waals surface area (Å²) in [4.78, 5) is 4.38. The van der Waals surface area contributed by atoms with E-state index < -0.39 is 0 Å². The van der Waals surface area contributed by atoms with Crippen molar-refractivity contribution in [1.82, 2.24) is 4.98 Å². The van der Waals surface area contributed by atoms with Gasteiger partial charge in [-0.25, -0.2) is 0 Å². The summed E-state index contributed by atoms with van der Waals surface area (Å²) < 4.78 is 0. The minimum Gasteiger partial charge on any atom is -0.388 e. The van der Waals surface area contributed by atoms with Gasteiger partial charge < -0.3 is 5.11 Å². The molecule has 0 bridgehead atoms. The van der Waals surface area contributed by atoms with Crippen LogP contribution in [0.3, 0.4) is 0 Å². The van der Waals surface area contributed by atoms with Crippen LogP contribution in [-0.4, -0.2) is 10.1 Å². The summed E-state index contributed by atoms with van der Waals surface area (Å²) in [6, 6.07) is 10.1. The summed E-state index contributed by atoms with van der Waals surface area (Å²) >= 11 is 0. The molecule has 2 aromatic rings. The summed E-state index contributed by atoms with van der Waals surface area (Å²) in [7, 11) is 0. The minimum absolute atomic E-state index is 0.0874. The van der Waals surface area contributed by atoms with Gasteiger partial charge in [0, 0.05) is 11.6 Å². The SMILES string of the molecule is CC1(C(O)c2cnc3ccccc3c2)CC1. The van der Waals surface area contributed by atoms with Gasteiger partial charge in [-0.3, -0.25) is 4.98 Å². The maximum atomic E-state index is 10.2. The number of rotatable bonds is 2. The molecule has 0 saturated heterocycles. The van der Waals surface area contributed by atoms with Crippen molar-refractivity contribution in [3.63, 3.8) is 0 Å². The van der Waals surface area contributed by atoms with Gasteiger partial charge in [-0.2, -0.15) is 0 Å². The molecule has 1 heterocycles. The number of aliphatic hydroxyl groups is 1. The monoisotopic (exact) mass is 213 g/mol. The predicted octanol–water partition coefficient (Wildman–Crippen LogP) is 3.07. The van der Waals surface area contributed by atoms with Crippen LogP contribution in [0.2, 0.25) is 0 Å². The summed E-state index contributed by atoms with van der Waals surface area (Å²) in [5.74, 6) is 0. The molecule has 0 radical (unpaired) electrons. The summed E-state index contributed by atoms with van der Waals surface area (Å²) in [5.41, 5.74) is 2.02. The lowest BCUT2D eigenvalue weighted by Crippen LogP contribution is -2.09. The Morgan fingerprint density at radius 2 is 2.06 bits per heavy atom. The van der Waals surface area contributed by atoms with Crippen LogP contribution in [0.4, 0.5) is 0 Å². The molecule has 82 valence electrons. The fraction of sp³-hybridized carbons (Fsp3) is 0.357. The Morgan fingerprint density at radius 3 is 2.81 bits per heavy atom. The quantitative estimate of drug-likeness (QED) is 0.831. The molecule has 2 nitrogen and oxygen atoms in total. The zero-order valence-electron chi connectivity index (χ0n) is 9.35. The number of nitrogens with zero attached hydrogens (tertiary/aromatic N) is 1. The molecule has 16 heavy (non-hydrogen) atoms. The van der Waals surface area contributed by atoms with Crippen molar-refractivity contribution in [2.45, 2.75) is 25.9 Å². The van der Waals surface area contributed by atoms with Crippen LogP contribution in [-0.2, 0) is 0 Å². The van der Waals surface area contributed by atoms with Crippen molar-refractivity contribution in [2.24, 2.45) is 5.41 Å². The minimum atomic E-state index is -0.371. The first-order chi connectivity index (χ1) is 7.69. The first-order valence-electron chi connectivity index (χ1n) is 5.72. The van der Waals surface area contributed by atoms with Crippen molar-refractivity contribution in [2.75, 3.05) is 0 Å². The molecule has 0 amide bonds. The molecule has 0 aliphatic heterocycles. The van der Waals surface area contributed by atoms with E-state index in [0.29, 0.717) is 0 Å². The predicted molar refractivity (Wildman–Crippen MR) is 64.0 cm³/mol. The zero-order chi connectivity index (χ0) is 11.2. The van der Waals surface area contributed by atoms with Crippen molar-refractivity contribution in [1.29, 1.82) is 0 Å². The summed E-state index contributed by atoms with van der Waals surface area (Å²) in [6.07, 6.45) is 3.66. The van der Waals surface area contributed by atoms with Crippen LogP contribution >= 0.6 is 0 Å². The van der Waals surface area contributed by atoms with Crippen LogP contribution in [0.1, 0.15) is 31.4 Å². The summed E-state index contributed by atoms with van der Waals surface area (Å²) in [5, 5.41) is 11.3. The lowest BCUT2D eigenvalue weighted by Gasteiger charge is -2.17. The van der Waals surface area contributed by atoms with E-state index in [4.69, 9.17) is 0 Å². The first-order valence-corrected chi connectivity index (χ1v) is 5.72. The van der Waals surface area contributed by atoms with Gasteiger partial charge in [0.2, 0.25) is 0 Å². The van der Waals surface area contributed by atoms with E-state index >= 15 is 0 Å². The van der Waals surface area contributed by atoms with Gasteiger partial charge in [-0.1, -0.05) is 25.1 Å². The molecule has 1 aliphatic carbocycles. The van der Waals surface area contributed by atoms with E-state index in [1.807, 2.05) is 24.3 Å². The van der Waals surface area contributed by atoms with Crippen LogP contribution in [0.25, 0.3) is 10.9 Å². The highest BCUT2D eigenvalue weighted by Crippen LogP contribution is 2.54. The second-order valence-corrected chi connectivity index (χ2v) is 5.02. The van der Waals surface area contributed by atoms with Crippen LogP contribution in [0, 0.1) is 5.41 Å². The number of aliphatic hydroxyl groups excluding tert-OH is 1. The number of hydrogen-bond donors (Lipinski definition) is 1. The van der Waals surface area contributed by atoms with Crippen LogP contribution in [0.5, 0.6) is 0 Å². The molecular formula is C14H15NO. The Bertz CT molecular complexity index is 531. The molecule has 1 fully saturated rings. The molecule has 1 atom stereocenters. The topological polar surface area (TPSA) is 33.1 Å². The van der Waals surface area contributed by atoms with Crippen molar-refractivity contribution >= 4 is 10.9 Å². The largest absolute Gasteiger partial charge is 0.388 e. The Labute approximate surface area is 94.9 Å². The number of fused-ring (bicyclic) bond motifs is 1. The van der Waals surface area contributed by atoms with Gasteiger partial charge in [-0.15, -0.1) is 0 Å². The van der Waals surface area contributed by atoms with Gasteiger partial charge in [0.1, 0.15) is 0 Å². The molecule has 1 N–H and O–H groups in total. The van der Waals surface area contributed by atoms with Crippen molar-refractivity contribution < 1.29 is 5.11 Å². The highest BCUT2D eigenvalue weighted by Gasteiger charge is 2.44. The second-order valence-electron chi connectivity index (χ2n) is 5.02. The average molecular weight is 213 g/mol. The molecule has 1 aliphatic rings. The van der Waals surface area contributed by atoms with E-state index in [9.17, 15) is 5.11 Å². The number of hydrogen-bond acceptors (Lipinski definition) is 2. The van der Waals surface area contributed by atoms with Crippen LogP contribution in [0.15, 0.2) is 36.5 Å². The van der Waals surface area contributed by atoms with Crippen LogP contribution < -0.4 is 0 Å². The van der Waals surface area contributed by atoms with Gasteiger partial charge >= 0.3 is 0 Å². The molecule has 2 heteroatoms. The molecule has 0 spiro atoms. The Balaban J connectivity index is 2.05. The molecular weight excluding hydrogens is 198 g/mol. The third-order valence-electron chi connectivity index (χ3n) is 3.63. The van der Waals surface area contributed by atoms with E-state index in [2.05, 4.69) is 18.0 Å². The zero-order valence-corrected chi connectivity index (χ0v) is 9.35. The molecule has 1 aromatic heterocycles. The smallest absolute Gasteiger partial charge is 0.0858 e. The lowest BCUT2D eigenvalue weighted by atomic mass is 9.95. The standard InChI is InChI=1S/C14H15NO/c1-14(6-7-14)13(16)11-8-10-4-2-3-5-12(10)15-9-11/h2-5,8-9,13,16H,6-7H2,1H3. The van der Waals surface area contributed by atoms with Crippen molar-refractivity contribution in [3.8, 4) is 0 Å².